The van der Waals surface area contributed by atoms with Crippen LogP contribution < -0.4 is 0 Å². The number of carbonyl (C=O) groups excluding carboxylic acids is 1. The summed E-state index contributed by atoms with van der Waals surface area (Å²) in [6.45, 7) is 3.50. The molecule has 0 atom stereocenters. The van der Waals surface area contributed by atoms with Crippen molar-refractivity contribution < 1.29 is 18.0 Å². The van der Waals surface area contributed by atoms with E-state index in [0.29, 0.717) is 24.6 Å². The highest BCUT2D eigenvalue weighted by atomic mass is 127. The number of nitrogens with zero attached hydrogens (tertiary/aromatic N) is 1. The Morgan fingerprint density at radius 2 is 1.90 bits per heavy atom. The van der Waals surface area contributed by atoms with Crippen molar-refractivity contribution in [3.8, 4) is 0 Å². The van der Waals surface area contributed by atoms with E-state index in [2.05, 4.69) is 6.92 Å². The molecule has 1 aliphatic heterocycles. The highest BCUT2D eigenvalue weighted by Gasteiger charge is 2.33. The molecule has 0 saturated carbocycles. The maximum atomic E-state index is 12.7. The molecule has 110 valence electrons. The largest absolute Gasteiger partial charge is 0.417 e. The first-order valence-electron chi connectivity index (χ1n) is 6.45. The second-order valence-corrected chi connectivity index (χ2v) is 6.33. The fraction of sp³-hybridized carbons (Fsp3) is 0.500. The van der Waals surface area contributed by atoms with Gasteiger partial charge in [0.15, 0.2) is 0 Å². The minimum Gasteiger partial charge on any atom is -0.339 e. The zero-order valence-corrected chi connectivity index (χ0v) is 13.2. The smallest absolute Gasteiger partial charge is 0.339 e. The van der Waals surface area contributed by atoms with Crippen LogP contribution in [0.1, 0.15) is 35.7 Å². The fourth-order valence-electron chi connectivity index (χ4n) is 2.27. The van der Waals surface area contributed by atoms with E-state index in [1.54, 1.807) is 27.5 Å². The minimum absolute atomic E-state index is 0.0614. The van der Waals surface area contributed by atoms with E-state index in [1.807, 2.05) is 0 Å². The van der Waals surface area contributed by atoms with E-state index in [9.17, 15) is 18.0 Å². The predicted molar refractivity (Wildman–Crippen MR) is 78.5 cm³/mol. The summed E-state index contributed by atoms with van der Waals surface area (Å²) in [7, 11) is 0. The van der Waals surface area contributed by atoms with Crippen molar-refractivity contribution in [1.82, 2.24) is 4.90 Å². The van der Waals surface area contributed by atoms with Gasteiger partial charge in [-0.25, -0.2) is 0 Å². The standard InChI is InChI=1S/C14H15F3INO/c1-9-4-6-19(7-5-9)13(20)10-2-3-11(12(18)8-10)14(15,16)17/h2-3,8-9H,4-7H2,1H3. The van der Waals surface area contributed by atoms with Gasteiger partial charge in [0.05, 0.1) is 5.56 Å². The van der Waals surface area contributed by atoms with Crippen molar-refractivity contribution in [2.75, 3.05) is 13.1 Å². The molecule has 1 aromatic carbocycles. The third-order valence-corrected chi connectivity index (χ3v) is 4.48. The minimum atomic E-state index is -4.38. The normalized spacial score (nSPS) is 17.4. The summed E-state index contributed by atoms with van der Waals surface area (Å²) in [6.07, 6.45) is -2.48. The Kier molecular flexibility index (Phi) is 4.61. The molecule has 0 spiro atoms. The SMILES string of the molecule is CC1CCN(C(=O)c2ccc(C(F)(F)F)c(I)c2)CC1. The Balaban J connectivity index is 2.17. The van der Waals surface area contributed by atoms with Crippen molar-refractivity contribution in [2.45, 2.75) is 25.9 Å². The van der Waals surface area contributed by atoms with Crippen molar-refractivity contribution in [3.63, 3.8) is 0 Å². The van der Waals surface area contributed by atoms with Gasteiger partial charge in [-0.3, -0.25) is 4.79 Å². The van der Waals surface area contributed by atoms with Crippen LogP contribution >= 0.6 is 22.6 Å². The number of amides is 1. The third-order valence-electron chi connectivity index (χ3n) is 3.59. The molecule has 0 aromatic heterocycles. The van der Waals surface area contributed by atoms with E-state index >= 15 is 0 Å². The van der Waals surface area contributed by atoms with Crippen LogP contribution in [0.3, 0.4) is 0 Å². The molecule has 1 amide bonds. The lowest BCUT2D eigenvalue weighted by Gasteiger charge is -2.30. The van der Waals surface area contributed by atoms with Crippen LogP contribution in [0.25, 0.3) is 0 Å². The molecule has 20 heavy (non-hydrogen) atoms. The molecule has 2 rings (SSSR count). The summed E-state index contributed by atoms with van der Waals surface area (Å²) in [4.78, 5) is 14.0. The Labute approximate surface area is 129 Å². The number of hydrogen-bond acceptors (Lipinski definition) is 1. The third kappa shape index (κ3) is 3.45. The van der Waals surface area contributed by atoms with Crippen LogP contribution in [-0.2, 0) is 6.18 Å². The predicted octanol–water partition coefficient (Wildman–Crippen LogP) is 4.18. The molecule has 1 aromatic rings. The molecule has 0 radical (unpaired) electrons. The van der Waals surface area contributed by atoms with E-state index in [4.69, 9.17) is 0 Å². The van der Waals surface area contributed by atoms with E-state index in [0.717, 1.165) is 18.9 Å². The highest BCUT2D eigenvalue weighted by molar-refractivity contribution is 14.1. The van der Waals surface area contributed by atoms with Gasteiger partial charge >= 0.3 is 6.18 Å². The van der Waals surface area contributed by atoms with Crippen LogP contribution in [-0.4, -0.2) is 23.9 Å². The van der Waals surface area contributed by atoms with Crippen molar-refractivity contribution in [2.24, 2.45) is 5.92 Å². The van der Waals surface area contributed by atoms with Crippen LogP contribution in [0.15, 0.2) is 18.2 Å². The second-order valence-electron chi connectivity index (χ2n) is 5.17. The van der Waals surface area contributed by atoms with Crippen molar-refractivity contribution in [1.29, 1.82) is 0 Å². The second kappa shape index (κ2) is 5.91. The van der Waals surface area contributed by atoms with E-state index in [1.165, 1.54) is 12.1 Å². The zero-order valence-electron chi connectivity index (χ0n) is 11.0. The fourth-order valence-corrected chi connectivity index (χ4v) is 3.09. The lowest BCUT2D eigenvalue weighted by molar-refractivity contribution is -0.138. The number of hydrogen-bond donors (Lipinski definition) is 0. The topological polar surface area (TPSA) is 20.3 Å². The quantitative estimate of drug-likeness (QED) is 0.652. The van der Waals surface area contributed by atoms with Crippen LogP contribution in [0.5, 0.6) is 0 Å². The van der Waals surface area contributed by atoms with Gasteiger partial charge in [0.25, 0.3) is 5.91 Å². The van der Waals surface area contributed by atoms with Gasteiger partial charge < -0.3 is 4.90 Å². The van der Waals surface area contributed by atoms with Gasteiger partial charge in [-0.05, 0) is 59.5 Å². The summed E-state index contributed by atoms with van der Waals surface area (Å²) in [5.41, 5.74) is -0.362. The number of piperidine rings is 1. The number of benzene rings is 1. The average Bonchev–Trinajstić information content (AvgIpc) is 2.37. The Morgan fingerprint density at radius 3 is 2.40 bits per heavy atom. The molecule has 0 bridgehead atoms. The molecular weight excluding hydrogens is 382 g/mol. The van der Waals surface area contributed by atoms with Crippen LogP contribution in [0, 0.1) is 9.49 Å². The van der Waals surface area contributed by atoms with Gasteiger partial charge in [0.1, 0.15) is 0 Å². The zero-order chi connectivity index (χ0) is 14.9. The summed E-state index contributed by atoms with van der Waals surface area (Å²) < 4.78 is 38.1. The molecular formula is C14H15F3INO. The first-order valence-corrected chi connectivity index (χ1v) is 7.53. The first-order chi connectivity index (χ1) is 9.29. The van der Waals surface area contributed by atoms with Crippen LogP contribution in [0.2, 0.25) is 0 Å². The average molecular weight is 397 g/mol. The van der Waals surface area contributed by atoms with Crippen molar-refractivity contribution in [3.05, 3.63) is 32.9 Å². The molecule has 0 N–H and O–H groups in total. The Bertz CT molecular complexity index is 508. The number of carbonyl (C=O) groups is 1. The van der Waals surface area contributed by atoms with Gasteiger partial charge in [-0.1, -0.05) is 6.92 Å². The number of rotatable bonds is 1. The van der Waals surface area contributed by atoms with Gasteiger partial charge in [0.2, 0.25) is 0 Å². The molecule has 1 aliphatic rings. The van der Waals surface area contributed by atoms with Gasteiger partial charge in [-0.15, -0.1) is 0 Å². The summed E-state index contributed by atoms with van der Waals surface area (Å²) in [6, 6.07) is 3.58. The van der Waals surface area contributed by atoms with Crippen molar-refractivity contribution >= 4 is 28.5 Å². The molecule has 1 heterocycles. The number of likely N-dealkylation sites (tertiary alicyclic amines) is 1. The maximum Gasteiger partial charge on any atom is 0.417 e. The molecule has 6 heteroatoms. The van der Waals surface area contributed by atoms with Crippen LogP contribution in [0.4, 0.5) is 13.2 Å². The number of halogens is 4. The highest BCUT2D eigenvalue weighted by Crippen LogP contribution is 2.33. The van der Waals surface area contributed by atoms with E-state index in [-0.39, 0.29) is 9.48 Å². The summed E-state index contributed by atoms with van der Waals surface area (Å²) in [5.74, 6) is 0.426. The Morgan fingerprint density at radius 1 is 1.30 bits per heavy atom. The van der Waals surface area contributed by atoms with E-state index < -0.39 is 11.7 Å². The molecule has 0 aliphatic carbocycles. The lowest BCUT2D eigenvalue weighted by atomic mass is 9.98. The lowest BCUT2D eigenvalue weighted by Crippen LogP contribution is -2.38. The monoisotopic (exact) mass is 397 g/mol. The number of alkyl halides is 3. The summed E-state index contributed by atoms with van der Waals surface area (Å²) in [5, 5.41) is 0. The van der Waals surface area contributed by atoms with Gasteiger partial charge in [-0.2, -0.15) is 13.2 Å². The molecule has 2 nitrogen and oxygen atoms in total. The maximum absolute atomic E-state index is 12.7. The Hall–Kier alpha value is -0.790. The summed E-state index contributed by atoms with van der Waals surface area (Å²) >= 11 is 1.63. The molecule has 1 saturated heterocycles. The molecule has 0 unspecified atom stereocenters. The molecule has 1 fully saturated rings. The van der Waals surface area contributed by atoms with Gasteiger partial charge in [0, 0.05) is 22.2 Å². The first kappa shape index (κ1) is 15.6.